The number of fused-ring (bicyclic) bond motifs is 1. The van der Waals surface area contributed by atoms with E-state index in [4.69, 9.17) is 30.3 Å². The summed E-state index contributed by atoms with van der Waals surface area (Å²) >= 11 is 0. The lowest BCUT2D eigenvalue weighted by atomic mass is 10.1. The molecule has 0 atom stereocenters. The number of rotatable bonds is 7. The summed E-state index contributed by atoms with van der Waals surface area (Å²) in [4.78, 5) is 9.26. The molecule has 5 rings (SSSR count). The second-order valence-electron chi connectivity index (χ2n) is 8.04. The zero-order valence-corrected chi connectivity index (χ0v) is 18.8. The Morgan fingerprint density at radius 2 is 2.03 bits per heavy atom. The van der Waals surface area contributed by atoms with Crippen molar-refractivity contribution in [1.29, 1.82) is 5.41 Å². The van der Waals surface area contributed by atoms with Gasteiger partial charge in [0.15, 0.2) is 23.0 Å². The number of nitrogen functional groups attached to an aromatic ring is 1. The Kier molecular flexibility index (Phi) is 6.01. The molecule has 4 N–H and O–H groups in total. The molecule has 34 heavy (non-hydrogen) atoms. The predicted molar refractivity (Wildman–Crippen MR) is 131 cm³/mol. The van der Waals surface area contributed by atoms with Crippen LogP contribution in [0, 0.1) is 5.41 Å². The lowest BCUT2D eigenvalue weighted by Crippen LogP contribution is -2.26. The number of anilines is 3. The molecule has 9 heteroatoms. The number of aromatic nitrogens is 3. The van der Waals surface area contributed by atoms with Crippen LogP contribution in [0.2, 0.25) is 0 Å². The van der Waals surface area contributed by atoms with E-state index in [0.717, 1.165) is 29.8 Å². The summed E-state index contributed by atoms with van der Waals surface area (Å²) in [6.45, 7) is 1.43. The number of benzene rings is 2. The third-order valence-electron chi connectivity index (χ3n) is 5.80. The highest BCUT2D eigenvalue weighted by molar-refractivity contribution is 5.87. The molecule has 4 aromatic rings. The highest BCUT2D eigenvalue weighted by atomic mass is 16.5. The third kappa shape index (κ3) is 4.38. The Bertz CT molecular complexity index is 1330. The van der Waals surface area contributed by atoms with Gasteiger partial charge >= 0.3 is 0 Å². The molecule has 0 amide bonds. The molecule has 1 aliphatic heterocycles. The van der Waals surface area contributed by atoms with Crippen molar-refractivity contribution in [2.24, 2.45) is 0 Å². The Morgan fingerprint density at radius 3 is 2.79 bits per heavy atom. The van der Waals surface area contributed by atoms with Gasteiger partial charge in [-0.2, -0.15) is 0 Å². The topological polar surface area (TPSA) is 120 Å². The van der Waals surface area contributed by atoms with Gasteiger partial charge in [-0.25, -0.2) is 9.97 Å². The van der Waals surface area contributed by atoms with E-state index in [0.29, 0.717) is 47.4 Å². The number of hydrogen-bond donors (Lipinski definition) is 3. The Balaban J connectivity index is 1.45. The van der Waals surface area contributed by atoms with Crippen LogP contribution in [0.4, 0.5) is 17.2 Å². The zero-order chi connectivity index (χ0) is 23.5. The fraction of sp³-hybridized carbons (Fsp3) is 0.240. The minimum atomic E-state index is 0.121. The summed E-state index contributed by atoms with van der Waals surface area (Å²) in [5.41, 5.74) is 10.3. The lowest BCUT2D eigenvalue weighted by Gasteiger charge is -2.24. The summed E-state index contributed by atoms with van der Waals surface area (Å²) in [6.07, 6.45) is 8.58. The summed E-state index contributed by atoms with van der Waals surface area (Å²) < 4.78 is 19.1. The van der Waals surface area contributed by atoms with E-state index in [9.17, 15) is 0 Å². The molecule has 174 valence electrons. The number of ether oxygens (including phenoxy) is 3. The second-order valence-corrected chi connectivity index (χ2v) is 8.04. The van der Waals surface area contributed by atoms with Gasteiger partial charge in [0.2, 0.25) is 0 Å². The number of nitrogens with one attached hydrogen (secondary N) is 2. The largest absolute Gasteiger partial charge is 0.493 e. The number of nitrogens with zero attached hydrogens (tertiary/aromatic N) is 3. The molecule has 3 heterocycles. The molecule has 0 radical (unpaired) electrons. The van der Waals surface area contributed by atoms with E-state index in [1.807, 2.05) is 53.2 Å². The minimum Gasteiger partial charge on any atom is -0.493 e. The first kappa shape index (κ1) is 21.7. The smallest absolute Gasteiger partial charge is 0.180 e. The first-order valence-electron chi connectivity index (χ1n) is 11.1. The summed E-state index contributed by atoms with van der Waals surface area (Å²) in [5, 5.41) is 10.8. The van der Waals surface area contributed by atoms with Crippen molar-refractivity contribution in [3.8, 4) is 22.8 Å². The molecule has 0 saturated carbocycles. The molecule has 1 saturated heterocycles. The van der Waals surface area contributed by atoms with Gasteiger partial charge in [0.1, 0.15) is 6.10 Å². The van der Waals surface area contributed by atoms with Crippen molar-refractivity contribution in [3.05, 3.63) is 60.6 Å². The standard InChI is InChI=1S/C25H26N6O3/c1-32-23-13-18(4-5-22(23)34-19-6-10-33-11-7-19)29-24-25-28-8-9-31(25)15-21(30-24)16-2-3-17(14-26)20(27)12-16/h2-5,8-9,12-15,19,26H,6-7,10-11,27H2,1H3,(H,29,30). The van der Waals surface area contributed by atoms with Gasteiger partial charge in [-0.3, -0.25) is 0 Å². The van der Waals surface area contributed by atoms with Crippen LogP contribution in [0.1, 0.15) is 18.4 Å². The molecule has 9 nitrogen and oxygen atoms in total. The minimum absolute atomic E-state index is 0.121. The average Bonchev–Trinajstić information content (AvgIpc) is 3.35. The van der Waals surface area contributed by atoms with Crippen molar-refractivity contribution in [2.45, 2.75) is 18.9 Å². The fourth-order valence-electron chi connectivity index (χ4n) is 3.97. The zero-order valence-electron chi connectivity index (χ0n) is 18.8. The monoisotopic (exact) mass is 458 g/mol. The van der Waals surface area contributed by atoms with Crippen LogP contribution in [0.25, 0.3) is 16.9 Å². The highest BCUT2D eigenvalue weighted by Gasteiger charge is 2.18. The molecule has 1 fully saturated rings. The summed E-state index contributed by atoms with van der Waals surface area (Å²) in [6, 6.07) is 11.3. The van der Waals surface area contributed by atoms with E-state index >= 15 is 0 Å². The summed E-state index contributed by atoms with van der Waals surface area (Å²) in [7, 11) is 1.63. The van der Waals surface area contributed by atoms with Gasteiger partial charge in [-0.15, -0.1) is 0 Å². The van der Waals surface area contributed by atoms with Crippen LogP contribution in [-0.4, -0.2) is 47.0 Å². The molecule has 2 aromatic heterocycles. The number of hydrogen-bond acceptors (Lipinski definition) is 8. The first-order chi connectivity index (χ1) is 16.6. The van der Waals surface area contributed by atoms with Crippen LogP contribution in [0.5, 0.6) is 11.5 Å². The first-order valence-corrected chi connectivity index (χ1v) is 11.1. The van der Waals surface area contributed by atoms with Gasteiger partial charge in [-0.1, -0.05) is 12.1 Å². The maximum absolute atomic E-state index is 7.46. The summed E-state index contributed by atoms with van der Waals surface area (Å²) in [5.74, 6) is 1.94. The van der Waals surface area contributed by atoms with Crippen LogP contribution in [0.3, 0.4) is 0 Å². The highest BCUT2D eigenvalue weighted by Crippen LogP contribution is 2.34. The molecule has 0 spiro atoms. The Hall–Kier alpha value is -4.11. The van der Waals surface area contributed by atoms with Crippen LogP contribution < -0.4 is 20.5 Å². The van der Waals surface area contributed by atoms with Crippen molar-refractivity contribution < 1.29 is 14.2 Å². The Labute approximate surface area is 197 Å². The van der Waals surface area contributed by atoms with E-state index in [-0.39, 0.29) is 6.10 Å². The van der Waals surface area contributed by atoms with Gasteiger partial charge in [0.05, 0.1) is 26.0 Å². The van der Waals surface area contributed by atoms with Gasteiger partial charge in [0, 0.05) is 66.2 Å². The second kappa shape index (κ2) is 9.40. The molecule has 0 bridgehead atoms. The van der Waals surface area contributed by atoms with Crippen LogP contribution in [0.15, 0.2) is 55.0 Å². The molecule has 0 aliphatic carbocycles. The SMILES string of the molecule is COc1cc(Nc2nc(-c3ccc(C=N)c(N)c3)cn3ccnc23)ccc1OC1CCOCC1. The van der Waals surface area contributed by atoms with Gasteiger partial charge in [-0.05, 0) is 18.2 Å². The molecule has 0 unspecified atom stereocenters. The molecular weight excluding hydrogens is 432 g/mol. The van der Waals surface area contributed by atoms with Crippen molar-refractivity contribution in [2.75, 3.05) is 31.4 Å². The third-order valence-corrected chi connectivity index (χ3v) is 5.80. The normalized spacial score (nSPS) is 14.1. The van der Waals surface area contributed by atoms with Crippen molar-refractivity contribution in [1.82, 2.24) is 14.4 Å². The Morgan fingerprint density at radius 1 is 1.18 bits per heavy atom. The van der Waals surface area contributed by atoms with Gasteiger partial charge in [0.25, 0.3) is 0 Å². The lowest BCUT2D eigenvalue weighted by molar-refractivity contribution is 0.0245. The molecular formula is C25H26N6O3. The van der Waals surface area contributed by atoms with Crippen molar-refractivity contribution >= 4 is 29.1 Å². The number of nitrogens with two attached hydrogens (primary N) is 1. The van der Waals surface area contributed by atoms with Crippen LogP contribution >= 0.6 is 0 Å². The van der Waals surface area contributed by atoms with E-state index in [1.165, 1.54) is 6.21 Å². The van der Waals surface area contributed by atoms with E-state index in [1.54, 1.807) is 13.3 Å². The maximum Gasteiger partial charge on any atom is 0.180 e. The maximum atomic E-state index is 7.46. The molecule has 1 aliphatic rings. The quantitative estimate of drug-likeness (QED) is 0.279. The number of imidazole rings is 1. The van der Waals surface area contributed by atoms with Crippen LogP contribution in [-0.2, 0) is 4.74 Å². The average molecular weight is 459 g/mol. The fourth-order valence-corrected chi connectivity index (χ4v) is 3.97. The van der Waals surface area contributed by atoms with Crippen molar-refractivity contribution in [3.63, 3.8) is 0 Å². The van der Waals surface area contributed by atoms with E-state index in [2.05, 4.69) is 10.3 Å². The number of methoxy groups -OCH3 is 1. The predicted octanol–water partition coefficient (Wildman–Crippen LogP) is 4.29. The molecule has 2 aromatic carbocycles. The van der Waals surface area contributed by atoms with Gasteiger partial charge < -0.3 is 35.1 Å². The van der Waals surface area contributed by atoms with E-state index < -0.39 is 0 Å².